The third-order valence-corrected chi connectivity index (χ3v) is 4.64. The van der Waals surface area contributed by atoms with E-state index in [9.17, 15) is 0 Å². The minimum atomic E-state index is 0.0818. The highest BCUT2D eigenvalue weighted by atomic mass is 28.2. The normalized spacial score (nSPS) is 21.4. The summed E-state index contributed by atoms with van der Waals surface area (Å²) in [6.45, 7) is 4.74. The van der Waals surface area contributed by atoms with E-state index in [2.05, 4.69) is 13.5 Å². The van der Waals surface area contributed by atoms with Gasteiger partial charge in [-0.1, -0.05) is 11.7 Å². The first-order chi connectivity index (χ1) is 3.30. The van der Waals surface area contributed by atoms with Crippen LogP contribution in [-0.2, 0) is 0 Å². The molecule has 0 aliphatic carbocycles. The molecule has 0 N–H and O–H groups in total. The lowest BCUT2D eigenvalue weighted by molar-refractivity contribution is 1.01. The van der Waals surface area contributed by atoms with Gasteiger partial charge in [0.25, 0.3) is 0 Å². The molecule has 0 spiro atoms. The van der Waals surface area contributed by atoms with E-state index in [0.717, 1.165) is 0 Å². The monoisotopic (exact) mass is 112 g/mol. The summed E-state index contributed by atoms with van der Waals surface area (Å²) in [4.78, 5) is 0. The largest absolute Gasteiger partial charge is 0.0926 e. The van der Waals surface area contributed by atoms with Gasteiger partial charge in [-0.2, -0.15) is 0 Å². The average Bonchev–Trinajstić information content (AvgIpc) is 1.91. The zero-order chi connectivity index (χ0) is 5.28. The lowest BCUT2D eigenvalue weighted by atomic mass is 10.3. The smallest absolute Gasteiger partial charge is 0.00514 e. The topological polar surface area (TPSA) is 0 Å². The first-order valence-corrected chi connectivity index (χ1v) is 5.16. The highest BCUT2D eigenvalue weighted by Crippen LogP contribution is 2.08. The Morgan fingerprint density at radius 3 is 2.43 bits per heavy atom. The molecule has 0 aromatic carbocycles. The van der Waals surface area contributed by atoms with Gasteiger partial charge in [-0.3, -0.25) is 0 Å². The van der Waals surface area contributed by atoms with Crippen molar-refractivity contribution in [1.29, 1.82) is 0 Å². The fourth-order valence-electron chi connectivity index (χ4n) is 1.05. The second-order valence-corrected chi connectivity index (χ2v) is 5.33. The maximum atomic E-state index is 2.42. The van der Waals surface area contributed by atoms with Gasteiger partial charge >= 0.3 is 0 Å². The Morgan fingerprint density at radius 2 is 2.29 bits per heavy atom. The van der Waals surface area contributed by atoms with Crippen LogP contribution in [0.5, 0.6) is 0 Å². The van der Waals surface area contributed by atoms with Gasteiger partial charge in [0.05, 0.1) is 0 Å². The Bertz CT molecular complexity index is 90.7. The zero-order valence-corrected chi connectivity index (χ0v) is 6.12. The molecule has 0 aromatic heterocycles. The van der Waals surface area contributed by atoms with Crippen LogP contribution in [0.25, 0.3) is 0 Å². The van der Waals surface area contributed by atoms with Crippen LogP contribution in [0, 0.1) is 0 Å². The van der Waals surface area contributed by atoms with E-state index >= 15 is 0 Å². The molecule has 0 bridgehead atoms. The summed E-state index contributed by atoms with van der Waals surface area (Å²) < 4.78 is 0. The average molecular weight is 112 g/mol. The summed E-state index contributed by atoms with van der Waals surface area (Å²) in [6.07, 6.45) is 2.92. The van der Waals surface area contributed by atoms with Crippen molar-refractivity contribution in [2.24, 2.45) is 0 Å². The third-order valence-electron chi connectivity index (χ3n) is 1.83. The Morgan fingerprint density at radius 1 is 1.57 bits per heavy atom. The van der Waals surface area contributed by atoms with Gasteiger partial charge in [0.15, 0.2) is 0 Å². The zero-order valence-electron chi connectivity index (χ0n) is 5.12. The molecule has 0 amide bonds. The van der Waals surface area contributed by atoms with E-state index in [1.54, 1.807) is 0 Å². The Labute approximate surface area is 46.8 Å². The molecule has 1 heterocycles. The van der Waals surface area contributed by atoms with Crippen molar-refractivity contribution in [1.82, 2.24) is 0 Å². The number of hydrogen-bond donors (Lipinski definition) is 0. The van der Waals surface area contributed by atoms with Crippen LogP contribution < -0.4 is 0 Å². The van der Waals surface area contributed by atoms with Crippen LogP contribution in [0.3, 0.4) is 0 Å². The molecule has 1 aliphatic heterocycles. The van der Waals surface area contributed by atoms with Crippen LogP contribution in [-0.4, -0.2) is 13.6 Å². The SMILES string of the molecule is CC1=[Si](C)CCC1. The maximum absolute atomic E-state index is 2.42. The molecular formula is C6H12Si. The summed E-state index contributed by atoms with van der Waals surface area (Å²) >= 11 is 0. The molecular weight excluding hydrogens is 100 g/mol. The van der Waals surface area contributed by atoms with Crippen LogP contribution >= 0.6 is 0 Å². The fourth-order valence-corrected chi connectivity index (χ4v) is 2.78. The van der Waals surface area contributed by atoms with Gasteiger partial charge in [-0.25, -0.2) is 0 Å². The molecule has 0 radical (unpaired) electrons. The second-order valence-electron chi connectivity index (χ2n) is 2.41. The van der Waals surface area contributed by atoms with Crippen molar-refractivity contribution >= 4 is 13.6 Å². The van der Waals surface area contributed by atoms with Crippen LogP contribution in [0.15, 0.2) is 0 Å². The van der Waals surface area contributed by atoms with Crippen molar-refractivity contribution in [2.45, 2.75) is 32.4 Å². The Kier molecular flexibility index (Phi) is 1.42. The summed E-state index contributed by atoms with van der Waals surface area (Å²) in [5.41, 5.74) is 0. The standard InChI is InChI=1S/C6H12Si/c1-6-4-3-5-7(6)2/h3-5H2,1-2H3. The minimum Gasteiger partial charge on any atom is -0.0926 e. The van der Waals surface area contributed by atoms with E-state index in [1.165, 1.54) is 18.9 Å². The molecule has 0 unspecified atom stereocenters. The van der Waals surface area contributed by atoms with E-state index in [-0.39, 0.29) is 8.41 Å². The molecule has 0 fully saturated rings. The second kappa shape index (κ2) is 1.91. The van der Waals surface area contributed by atoms with E-state index < -0.39 is 0 Å². The molecule has 7 heavy (non-hydrogen) atoms. The number of hydrogen-bond acceptors (Lipinski definition) is 0. The predicted octanol–water partition coefficient (Wildman–Crippen LogP) is 1.68. The van der Waals surface area contributed by atoms with E-state index in [4.69, 9.17) is 0 Å². The molecule has 0 nitrogen and oxygen atoms in total. The third kappa shape index (κ3) is 0.999. The first-order valence-electron chi connectivity index (χ1n) is 2.96. The van der Waals surface area contributed by atoms with Crippen LogP contribution in [0.4, 0.5) is 0 Å². The summed E-state index contributed by atoms with van der Waals surface area (Å²) in [6, 6.07) is 1.54. The van der Waals surface area contributed by atoms with Gasteiger partial charge in [0.2, 0.25) is 0 Å². The highest BCUT2D eigenvalue weighted by Gasteiger charge is 2.04. The van der Waals surface area contributed by atoms with Crippen molar-refractivity contribution in [3.63, 3.8) is 0 Å². The molecule has 40 valence electrons. The lowest BCUT2D eigenvalue weighted by Crippen LogP contribution is -1.97. The maximum Gasteiger partial charge on any atom is 0.00514 e. The van der Waals surface area contributed by atoms with Crippen molar-refractivity contribution < 1.29 is 0 Å². The highest BCUT2D eigenvalue weighted by molar-refractivity contribution is 6.70. The van der Waals surface area contributed by atoms with Crippen LogP contribution in [0.1, 0.15) is 19.8 Å². The van der Waals surface area contributed by atoms with Crippen molar-refractivity contribution in [2.75, 3.05) is 0 Å². The van der Waals surface area contributed by atoms with Crippen molar-refractivity contribution in [3.05, 3.63) is 0 Å². The predicted molar refractivity (Wildman–Crippen MR) is 36.3 cm³/mol. The van der Waals surface area contributed by atoms with Gasteiger partial charge in [0.1, 0.15) is 0 Å². The minimum absolute atomic E-state index is 0.0818. The van der Waals surface area contributed by atoms with Crippen LogP contribution in [0.2, 0.25) is 12.6 Å². The summed E-state index contributed by atoms with van der Waals surface area (Å²) in [7, 11) is 0.0818. The van der Waals surface area contributed by atoms with Gasteiger partial charge in [-0.05, 0) is 25.8 Å². The van der Waals surface area contributed by atoms with E-state index in [1.807, 2.05) is 5.17 Å². The van der Waals surface area contributed by atoms with E-state index in [0.29, 0.717) is 0 Å². The van der Waals surface area contributed by atoms with Gasteiger partial charge in [-0.15, -0.1) is 0 Å². The first kappa shape index (κ1) is 5.23. The lowest BCUT2D eigenvalue weighted by Gasteiger charge is -1.86. The van der Waals surface area contributed by atoms with Crippen molar-refractivity contribution in [3.8, 4) is 0 Å². The molecule has 0 saturated heterocycles. The molecule has 1 rings (SSSR count). The molecule has 1 aliphatic rings. The Hall–Kier alpha value is 0.0869. The molecule has 0 saturated carbocycles. The molecule has 0 aromatic rings. The summed E-state index contributed by atoms with van der Waals surface area (Å²) in [5.74, 6) is 0. The molecule has 0 atom stereocenters. The molecule has 1 heteroatoms. The Balaban J connectivity index is 2.64. The summed E-state index contributed by atoms with van der Waals surface area (Å²) in [5, 5.41) is 1.81. The fraction of sp³-hybridized carbons (Fsp3) is 0.833. The van der Waals surface area contributed by atoms with Gasteiger partial charge < -0.3 is 0 Å². The quantitative estimate of drug-likeness (QED) is 0.418. The number of rotatable bonds is 0. The van der Waals surface area contributed by atoms with Gasteiger partial charge in [0, 0.05) is 8.41 Å².